The van der Waals surface area contributed by atoms with Gasteiger partial charge in [-0.2, -0.15) is 0 Å². The minimum Gasteiger partial charge on any atom is -0.0611 e. The van der Waals surface area contributed by atoms with Gasteiger partial charge in [0.15, 0.2) is 0 Å². The van der Waals surface area contributed by atoms with E-state index >= 15 is 0 Å². The molecule has 0 N–H and O–H groups in total. The van der Waals surface area contributed by atoms with Crippen molar-refractivity contribution < 1.29 is 0 Å². The first-order chi connectivity index (χ1) is 8.69. The highest BCUT2D eigenvalue weighted by Crippen LogP contribution is 2.43. The molecule has 88 valence electrons. The lowest BCUT2D eigenvalue weighted by Gasteiger charge is -2.09. The van der Waals surface area contributed by atoms with Crippen molar-refractivity contribution in [3.8, 4) is 0 Å². The van der Waals surface area contributed by atoms with Crippen molar-refractivity contribution in [1.29, 1.82) is 0 Å². The summed E-state index contributed by atoms with van der Waals surface area (Å²) >= 11 is 6.74. The summed E-state index contributed by atoms with van der Waals surface area (Å²) in [6.07, 6.45) is 0. The smallest absolute Gasteiger partial charge is 0.0601 e. The quantitative estimate of drug-likeness (QED) is 0.340. The van der Waals surface area contributed by atoms with Gasteiger partial charge in [0, 0.05) is 29.8 Å². The molecular weight excluding hydrogens is 364 g/mol. The molecule has 0 aromatic heterocycles. The Morgan fingerprint density at radius 2 is 1.72 bits per heavy atom. The summed E-state index contributed by atoms with van der Waals surface area (Å²) in [6, 6.07) is 7.06. The van der Waals surface area contributed by atoms with E-state index in [1.54, 1.807) is 18.2 Å². The van der Waals surface area contributed by atoms with Crippen LogP contribution in [0.2, 0.25) is 0 Å². The zero-order valence-corrected chi connectivity index (χ0v) is 11.9. The summed E-state index contributed by atoms with van der Waals surface area (Å²) in [4.78, 5) is 5.57. The SMILES string of the molecule is [N-]=[N+]=Nc1cccc2c(Br)cc(Br)c(N=[N+]=[N-])c12. The van der Waals surface area contributed by atoms with Crippen LogP contribution in [0.4, 0.5) is 11.4 Å². The molecule has 2 rings (SSSR count). The molecule has 8 heteroatoms. The minimum absolute atomic E-state index is 0.402. The summed E-state index contributed by atoms with van der Waals surface area (Å²) in [7, 11) is 0. The first-order valence-electron chi connectivity index (χ1n) is 4.70. The molecule has 0 saturated heterocycles. The number of nitrogens with zero attached hydrogens (tertiary/aromatic N) is 6. The highest BCUT2D eigenvalue weighted by atomic mass is 79.9. The summed E-state index contributed by atoms with van der Waals surface area (Å²) in [5.74, 6) is 0. The fraction of sp³-hybridized carbons (Fsp3) is 0. The second-order valence-corrected chi connectivity index (χ2v) is 4.98. The van der Waals surface area contributed by atoms with Gasteiger partial charge in [-0.3, -0.25) is 0 Å². The Balaban J connectivity index is 3.05. The van der Waals surface area contributed by atoms with Gasteiger partial charge in [0.2, 0.25) is 0 Å². The third kappa shape index (κ3) is 2.14. The van der Waals surface area contributed by atoms with Crippen LogP contribution in [0.5, 0.6) is 0 Å². The zero-order chi connectivity index (χ0) is 13.1. The lowest BCUT2D eigenvalue weighted by molar-refractivity contribution is 1.45. The van der Waals surface area contributed by atoms with E-state index in [2.05, 4.69) is 51.9 Å². The van der Waals surface area contributed by atoms with Crippen LogP contribution in [0.15, 0.2) is 43.4 Å². The Kier molecular flexibility index (Phi) is 3.74. The van der Waals surface area contributed by atoms with E-state index in [-0.39, 0.29) is 0 Å². The Hall–Kier alpha value is -1.72. The third-order valence-electron chi connectivity index (χ3n) is 2.31. The van der Waals surface area contributed by atoms with Crippen molar-refractivity contribution in [3.05, 3.63) is 54.1 Å². The first kappa shape index (κ1) is 12.7. The lowest BCUT2D eigenvalue weighted by atomic mass is 10.1. The number of benzene rings is 2. The number of rotatable bonds is 2. The Morgan fingerprint density at radius 1 is 1.00 bits per heavy atom. The van der Waals surface area contributed by atoms with Crippen LogP contribution in [0, 0.1) is 0 Å². The Morgan fingerprint density at radius 3 is 2.39 bits per heavy atom. The molecule has 6 nitrogen and oxygen atoms in total. The molecule has 18 heavy (non-hydrogen) atoms. The molecule has 0 radical (unpaired) electrons. The monoisotopic (exact) mass is 366 g/mol. The van der Waals surface area contributed by atoms with E-state index in [9.17, 15) is 0 Å². The van der Waals surface area contributed by atoms with Crippen LogP contribution in [-0.4, -0.2) is 0 Å². The number of hydrogen-bond acceptors (Lipinski definition) is 2. The average Bonchev–Trinajstić information content (AvgIpc) is 2.35. The molecule has 0 bridgehead atoms. The van der Waals surface area contributed by atoms with Crippen molar-refractivity contribution in [2.45, 2.75) is 0 Å². The van der Waals surface area contributed by atoms with Gasteiger partial charge in [-0.05, 0) is 22.5 Å². The zero-order valence-electron chi connectivity index (χ0n) is 8.75. The summed E-state index contributed by atoms with van der Waals surface area (Å²) in [5.41, 5.74) is 18.0. The Bertz CT molecular complexity index is 729. The molecule has 0 aliphatic rings. The summed E-state index contributed by atoms with van der Waals surface area (Å²) < 4.78 is 1.44. The number of halogens is 2. The molecule has 0 spiro atoms. The third-order valence-corrected chi connectivity index (χ3v) is 3.57. The first-order valence-corrected chi connectivity index (χ1v) is 6.28. The standard InChI is InChI=1S/C10H4Br2N6/c11-6-4-7(12)10(16-18-14)9-5(6)2-1-3-8(9)15-17-13/h1-4H. The molecular formula is C10H4Br2N6. The van der Waals surface area contributed by atoms with E-state index in [0.717, 1.165) is 9.86 Å². The van der Waals surface area contributed by atoms with Gasteiger partial charge in [0.25, 0.3) is 0 Å². The van der Waals surface area contributed by atoms with Crippen molar-refractivity contribution in [2.24, 2.45) is 10.2 Å². The summed E-state index contributed by atoms with van der Waals surface area (Å²) in [6.45, 7) is 0. The summed E-state index contributed by atoms with van der Waals surface area (Å²) in [5, 5.41) is 8.68. The van der Waals surface area contributed by atoms with Gasteiger partial charge >= 0.3 is 0 Å². The lowest BCUT2D eigenvalue weighted by Crippen LogP contribution is -1.79. The molecule has 0 aliphatic heterocycles. The molecule has 0 heterocycles. The molecule has 2 aromatic carbocycles. The largest absolute Gasteiger partial charge is 0.0611 e. The highest BCUT2D eigenvalue weighted by molar-refractivity contribution is 9.11. The molecule has 0 unspecified atom stereocenters. The van der Waals surface area contributed by atoms with Crippen molar-refractivity contribution in [2.75, 3.05) is 0 Å². The second-order valence-electron chi connectivity index (χ2n) is 3.27. The van der Waals surface area contributed by atoms with Crippen molar-refractivity contribution in [1.82, 2.24) is 0 Å². The van der Waals surface area contributed by atoms with Crippen LogP contribution in [-0.2, 0) is 0 Å². The van der Waals surface area contributed by atoms with Crippen LogP contribution in [0.25, 0.3) is 31.7 Å². The molecule has 2 aromatic rings. The topological polar surface area (TPSA) is 97.5 Å². The van der Waals surface area contributed by atoms with Crippen LogP contribution < -0.4 is 0 Å². The van der Waals surface area contributed by atoms with Crippen LogP contribution >= 0.6 is 31.9 Å². The van der Waals surface area contributed by atoms with Gasteiger partial charge in [-0.1, -0.05) is 60.3 Å². The maximum atomic E-state index is 8.62. The molecule has 0 fully saturated rings. The fourth-order valence-corrected chi connectivity index (χ4v) is 3.01. The van der Waals surface area contributed by atoms with Crippen molar-refractivity contribution in [3.63, 3.8) is 0 Å². The maximum Gasteiger partial charge on any atom is 0.0601 e. The van der Waals surface area contributed by atoms with Crippen molar-refractivity contribution >= 4 is 54.0 Å². The molecule has 0 saturated carbocycles. The normalized spacial score (nSPS) is 9.67. The maximum absolute atomic E-state index is 8.62. The van der Waals surface area contributed by atoms with E-state index in [0.29, 0.717) is 21.2 Å². The van der Waals surface area contributed by atoms with Gasteiger partial charge in [0.1, 0.15) is 0 Å². The Labute approximate surface area is 118 Å². The predicted molar refractivity (Wildman–Crippen MR) is 77.0 cm³/mol. The number of fused-ring (bicyclic) bond motifs is 1. The van der Waals surface area contributed by atoms with E-state index in [4.69, 9.17) is 11.1 Å². The predicted octanol–water partition coefficient (Wildman–Crippen LogP) is 6.25. The van der Waals surface area contributed by atoms with Gasteiger partial charge in [-0.15, -0.1) is 0 Å². The average molecular weight is 368 g/mol. The fourth-order valence-electron chi connectivity index (χ4n) is 1.64. The number of azide groups is 2. The molecule has 0 aliphatic carbocycles. The van der Waals surface area contributed by atoms with Crippen LogP contribution in [0.3, 0.4) is 0 Å². The van der Waals surface area contributed by atoms with E-state index in [1.807, 2.05) is 6.07 Å². The van der Waals surface area contributed by atoms with E-state index < -0.39 is 0 Å². The van der Waals surface area contributed by atoms with Crippen LogP contribution in [0.1, 0.15) is 0 Å². The van der Waals surface area contributed by atoms with E-state index in [1.165, 1.54) is 0 Å². The minimum atomic E-state index is 0.402. The van der Waals surface area contributed by atoms with Gasteiger partial charge < -0.3 is 0 Å². The second kappa shape index (κ2) is 5.29. The van der Waals surface area contributed by atoms with Gasteiger partial charge in [0.05, 0.1) is 5.69 Å². The molecule has 0 amide bonds. The highest BCUT2D eigenvalue weighted by Gasteiger charge is 2.11. The van der Waals surface area contributed by atoms with Gasteiger partial charge in [-0.25, -0.2) is 0 Å². The number of hydrogen-bond donors (Lipinski definition) is 0. The molecule has 0 atom stereocenters.